The molecule has 0 unspecified atom stereocenters. The minimum Gasteiger partial charge on any atom is -0.493 e. The summed E-state index contributed by atoms with van der Waals surface area (Å²) in [7, 11) is 3.30. The molecular formula is C27H27N3O3. The van der Waals surface area contributed by atoms with Gasteiger partial charge in [0.05, 0.1) is 20.3 Å². The van der Waals surface area contributed by atoms with Crippen LogP contribution in [0.5, 0.6) is 11.5 Å². The lowest BCUT2D eigenvalue weighted by atomic mass is 9.88. The average molecular weight is 442 g/mol. The van der Waals surface area contributed by atoms with Gasteiger partial charge >= 0.3 is 0 Å². The van der Waals surface area contributed by atoms with Crippen molar-refractivity contribution in [3.63, 3.8) is 0 Å². The van der Waals surface area contributed by atoms with Crippen LogP contribution in [-0.4, -0.2) is 41.5 Å². The number of aromatic amines is 1. The quantitative estimate of drug-likeness (QED) is 0.460. The van der Waals surface area contributed by atoms with E-state index >= 15 is 0 Å². The van der Waals surface area contributed by atoms with Crippen LogP contribution < -0.4 is 9.47 Å². The Morgan fingerprint density at radius 1 is 1.09 bits per heavy atom. The molecule has 6 nitrogen and oxygen atoms in total. The van der Waals surface area contributed by atoms with E-state index in [4.69, 9.17) is 9.47 Å². The Kier molecular flexibility index (Phi) is 5.73. The van der Waals surface area contributed by atoms with Crippen molar-refractivity contribution in [3.05, 3.63) is 89.4 Å². The zero-order valence-electron chi connectivity index (χ0n) is 18.9. The summed E-state index contributed by atoms with van der Waals surface area (Å²) in [6.45, 7) is 0.655. The molecule has 33 heavy (non-hydrogen) atoms. The molecule has 0 radical (unpaired) electrons. The number of aromatic nitrogens is 2. The Bertz CT molecular complexity index is 1280. The fourth-order valence-electron chi connectivity index (χ4n) is 4.87. The molecule has 3 heterocycles. The van der Waals surface area contributed by atoms with Crippen molar-refractivity contribution in [1.29, 1.82) is 0 Å². The molecule has 1 N–H and O–H groups in total. The van der Waals surface area contributed by atoms with Crippen molar-refractivity contribution in [2.45, 2.75) is 25.3 Å². The molecule has 1 atom stereocenters. The predicted molar refractivity (Wildman–Crippen MR) is 128 cm³/mol. The van der Waals surface area contributed by atoms with Gasteiger partial charge in [-0.3, -0.25) is 9.78 Å². The van der Waals surface area contributed by atoms with Crippen molar-refractivity contribution >= 4 is 16.8 Å². The highest BCUT2D eigenvalue weighted by molar-refractivity contribution is 5.94. The lowest BCUT2D eigenvalue weighted by Crippen LogP contribution is -2.40. The summed E-state index contributed by atoms with van der Waals surface area (Å²) >= 11 is 0. The number of carbonyl (C=O) groups excluding carboxylic acids is 1. The molecule has 1 amide bonds. The molecule has 6 heteroatoms. The summed E-state index contributed by atoms with van der Waals surface area (Å²) in [5, 5.41) is 1.23. The second kappa shape index (κ2) is 8.98. The zero-order chi connectivity index (χ0) is 22.8. The third-order valence-electron chi connectivity index (χ3n) is 6.55. The van der Waals surface area contributed by atoms with Gasteiger partial charge in [-0.15, -0.1) is 0 Å². The highest BCUT2D eigenvalue weighted by Gasteiger charge is 2.32. The molecule has 0 fully saturated rings. The first-order chi connectivity index (χ1) is 16.2. The van der Waals surface area contributed by atoms with E-state index in [1.165, 1.54) is 16.5 Å². The number of benzene rings is 2. The Balaban J connectivity index is 1.52. The third kappa shape index (κ3) is 3.93. The second-order valence-corrected chi connectivity index (χ2v) is 8.30. The molecule has 4 aromatic rings. The molecular weight excluding hydrogens is 414 g/mol. The maximum absolute atomic E-state index is 13.5. The van der Waals surface area contributed by atoms with Crippen molar-refractivity contribution in [2.75, 3.05) is 20.8 Å². The van der Waals surface area contributed by atoms with Crippen LogP contribution in [0.2, 0.25) is 0 Å². The number of nitrogens with zero attached hydrogens (tertiary/aromatic N) is 2. The summed E-state index contributed by atoms with van der Waals surface area (Å²) in [5.74, 6) is 1.44. The molecule has 1 aliphatic heterocycles. The Hall–Kier alpha value is -3.80. The van der Waals surface area contributed by atoms with Crippen LogP contribution in [0.3, 0.4) is 0 Å². The first kappa shape index (κ1) is 21.1. The number of methoxy groups -OCH3 is 2. The van der Waals surface area contributed by atoms with Crippen LogP contribution in [0.1, 0.15) is 39.5 Å². The van der Waals surface area contributed by atoms with Gasteiger partial charge in [0.25, 0.3) is 5.91 Å². The van der Waals surface area contributed by atoms with Crippen molar-refractivity contribution in [1.82, 2.24) is 14.9 Å². The number of para-hydroxylation sites is 1. The maximum atomic E-state index is 13.5. The summed E-state index contributed by atoms with van der Waals surface area (Å²) in [6, 6.07) is 15.9. The molecule has 0 saturated heterocycles. The first-order valence-electron chi connectivity index (χ1n) is 11.2. The Labute approximate surface area is 193 Å². The van der Waals surface area contributed by atoms with E-state index in [9.17, 15) is 4.79 Å². The standard InChI is InChI=1S/C27H27N3O3/c1-32-25-15-19-11-14-30(27(31)18-9-12-28-13-10-18)24(22(19)16-26(25)33-2)8-7-20-17-29-23-6-4-3-5-21(20)23/h3-6,9-10,12-13,15-17,24,29H,7-8,11,14H2,1-2H3/t24-/m0/s1. The van der Waals surface area contributed by atoms with Gasteiger partial charge in [0.1, 0.15) is 0 Å². The molecule has 0 aliphatic carbocycles. The maximum Gasteiger partial charge on any atom is 0.254 e. The van der Waals surface area contributed by atoms with Crippen molar-refractivity contribution in [3.8, 4) is 11.5 Å². The number of amides is 1. The molecule has 0 bridgehead atoms. The average Bonchev–Trinajstić information content (AvgIpc) is 3.29. The number of ether oxygens (including phenoxy) is 2. The largest absolute Gasteiger partial charge is 0.493 e. The number of pyridine rings is 1. The normalized spacial score (nSPS) is 15.3. The number of nitrogens with one attached hydrogen (secondary N) is 1. The van der Waals surface area contributed by atoms with Crippen LogP contribution in [0.15, 0.2) is 67.1 Å². The van der Waals surface area contributed by atoms with E-state index in [2.05, 4.69) is 40.4 Å². The van der Waals surface area contributed by atoms with E-state index in [-0.39, 0.29) is 11.9 Å². The van der Waals surface area contributed by atoms with Crippen LogP contribution in [-0.2, 0) is 12.8 Å². The molecule has 1 aliphatic rings. The highest BCUT2D eigenvalue weighted by atomic mass is 16.5. The molecule has 0 spiro atoms. The van der Waals surface area contributed by atoms with Gasteiger partial charge in [0, 0.05) is 41.6 Å². The minimum atomic E-state index is -0.0668. The fourth-order valence-corrected chi connectivity index (χ4v) is 4.87. The molecule has 168 valence electrons. The lowest BCUT2D eigenvalue weighted by molar-refractivity contribution is 0.0650. The minimum absolute atomic E-state index is 0.0294. The number of fused-ring (bicyclic) bond motifs is 2. The molecule has 0 saturated carbocycles. The number of hydrogen-bond acceptors (Lipinski definition) is 4. The SMILES string of the molecule is COc1cc2c(cc1OC)[C@H](CCc1c[nH]c3ccccc13)N(C(=O)c1ccncc1)CC2. The van der Waals surface area contributed by atoms with Gasteiger partial charge in [0.15, 0.2) is 11.5 Å². The summed E-state index contributed by atoms with van der Waals surface area (Å²) in [4.78, 5) is 22.9. The van der Waals surface area contributed by atoms with Crippen LogP contribution in [0.4, 0.5) is 0 Å². The van der Waals surface area contributed by atoms with Gasteiger partial charge in [-0.2, -0.15) is 0 Å². The molecule has 2 aromatic carbocycles. The topological polar surface area (TPSA) is 67.5 Å². The summed E-state index contributed by atoms with van der Waals surface area (Å²) in [5.41, 5.74) is 5.38. The van der Waals surface area contributed by atoms with Gasteiger partial charge < -0.3 is 19.4 Å². The smallest absolute Gasteiger partial charge is 0.254 e. The fraction of sp³-hybridized carbons (Fsp3) is 0.259. The number of carbonyl (C=O) groups is 1. The molecule has 2 aromatic heterocycles. The Morgan fingerprint density at radius 2 is 1.85 bits per heavy atom. The second-order valence-electron chi connectivity index (χ2n) is 8.30. The monoisotopic (exact) mass is 441 g/mol. The van der Waals surface area contributed by atoms with E-state index in [0.29, 0.717) is 17.9 Å². The van der Waals surface area contributed by atoms with E-state index in [0.717, 1.165) is 36.1 Å². The van der Waals surface area contributed by atoms with Crippen LogP contribution >= 0.6 is 0 Å². The van der Waals surface area contributed by atoms with Crippen LogP contribution in [0.25, 0.3) is 10.9 Å². The zero-order valence-corrected chi connectivity index (χ0v) is 18.9. The first-order valence-corrected chi connectivity index (χ1v) is 11.2. The highest BCUT2D eigenvalue weighted by Crippen LogP contribution is 2.40. The van der Waals surface area contributed by atoms with E-state index < -0.39 is 0 Å². The van der Waals surface area contributed by atoms with Gasteiger partial charge in [-0.1, -0.05) is 18.2 Å². The van der Waals surface area contributed by atoms with Crippen molar-refractivity contribution < 1.29 is 14.3 Å². The third-order valence-corrected chi connectivity index (χ3v) is 6.55. The number of aryl methyl sites for hydroxylation is 1. The number of rotatable bonds is 6. The van der Waals surface area contributed by atoms with E-state index in [1.54, 1.807) is 38.7 Å². The lowest BCUT2D eigenvalue weighted by Gasteiger charge is -2.38. The number of hydrogen-bond donors (Lipinski definition) is 1. The van der Waals surface area contributed by atoms with Gasteiger partial charge in [-0.05, 0) is 66.3 Å². The summed E-state index contributed by atoms with van der Waals surface area (Å²) < 4.78 is 11.1. The van der Waals surface area contributed by atoms with Crippen LogP contribution in [0, 0.1) is 0 Å². The summed E-state index contributed by atoms with van der Waals surface area (Å²) in [6.07, 6.45) is 7.85. The van der Waals surface area contributed by atoms with Gasteiger partial charge in [0.2, 0.25) is 0 Å². The van der Waals surface area contributed by atoms with Gasteiger partial charge in [-0.25, -0.2) is 0 Å². The molecule has 5 rings (SSSR count). The number of H-pyrrole nitrogens is 1. The Morgan fingerprint density at radius 3 is 2.64 bits per heavy atom. The van der Waals surface area contributed by atoms with Crippen molar-refractivity contribution in [2.24, 2.45) is 0 Å². The van der Waals surface area contributed by atoms with E-state index in [1.807, 2.05) is 17.0 Å². The predicted octanol–water partition coefficient (Wildman–Crippen LogP) is 4.95.